The molecular formula is C5H6NS. The second-order valence-electron chi connectivity index (χ2n) is 1.27. The van der Waals surface area contributed by atoms with Gasteiger partial charge in [0.25, 0.3) is 0 Å². The van der Waals surface area contributed by atoms with Gasteiger partial charge >= 0.3 is 0 Å². The Labute approximate surface area is 47.3 Å². The standard InChI is InChI=1S/C5H6NS/c6-5-2-1-3-7-4-5/h1-2H,3,6H2. The lowest BCUT2D eigenvalue weighted by atomic mass is 10.4. The molecular weight excluding hydrogens is 106 g/mol. The van der Waals surface area contributed by atoms with Gasteiger partial charge in [-0.25, -0.2) is 0 Å². The van der Waals surface area contributed by atoms with Crippen LogP contribution in [0.2, 0.25) is 0 Å². The van der Waals surface area contributed by atoms with Crippen LogP contribution in [-0.4, -0.2) is 5.75 Å². The zero-order chi connectivity index (χ0) is 5.11. The van der Waals surface area contributed by atoms with Crippen LogP contribution in [0.5, 0.6) is 0 Å². The molecule has 1 nitrogen and oxygen atoms in total. The molecule has 1 heterocycles. The van der Waals surface area contributed by atoms with E-state index in [-0.39, 0.29) is 0 Å². The van der Waals surface area contributed by atoms with Gasteiger partial charge in [0.05, 0.1) is 0 Å². The summed E-state index contributed by atoms with van der Waals surface area (Å²) in [6, 6.07) is 0. The number of thioether (sulfide) groups is 1. The Morgan fingerprint density at radius 2 is 2.71 bits per heavy atom. The van der Waals surface area contributed by atoms with Crippen molar-refractivity contribution in [2.24, 2.45) is 5.73 Å². The average Bonchev–Trinajstić information content (AvgIpc) is 1.69. The molecule has 1 rings (SSSR count). The van der Waals surface area contributed by atoms with E-state index in [2.05, 4.69) is 5.41 Å². The zero-order valence-corrected chi connectivity index (χ0v) is 4.66. The smallest absolute Gasteiger partial charge is 0.0462 e. The molecule has 37 valence electrons. The molecule has 2 N–H and O–H groups in total. The van der Waals surface area contributed by atoms with Gasteiger partial charge in [-0.05, 0) is 6.08 Å². The van der Waals surface area contributed by atoms with E-state index >= 15 is 0 Å². The van der Waals surface area contributed by atoms with E-state index in [1.165, 1.54) is 0 Å². The lowest BCUT2D eigenvalue weighted by molar-refractivity contribution is 1.41. The van der Waals surface area contributed by atoms with Gasteiger partial charge in [-0.15, -0.1) is 11.8 Å². The molecule has 0 aromatic rings. The maximum atomic E-state index is 5.33. The summed E-state index contributed by atoms with van der Waals surface area (Å²) in [6.45, 7) is 0. The van der Waals surface area contributed by atoms with Crippen LogP contribution in [0.1, 0.15) is 0 Å². The Morgan fingerprint density at radius 3 is 3.00 bits per heavy atom. The fourth-order valence-corrected chi connectivity index (χ4v) is 0.893. The van der Waals surface area contributed by atoms with Gasteiger partial charge in [-0.1, -0.05) is 6.08 Å². The maximum Gasteiger partial charge on any atom is 0.0462 e. The summed E-state index contributed by atoms with van der Waals surface area (Å²) in [5, 5.41) is 2.91. The lowest BCUT2D eigenvalue weighted by Crippen LogP contribution is -1.94. The minimum atomic E-state index is 0.747. The third-order valence-electron chi connectivity index (χ3n) is 0.667. The Morgan fingerprint density at radius 1 is 1.86 bits per heavy atom. The Balaban J connectivity index is 2.58. The highest BCUT2D eigenvalue weighted by molar-refractivity contribution is 8.01. The molecule has 0 saturated heterocycles. The summed E-state index contributed by atoms with van der Waals surface area (Å²) in [5.41, 5.74) is 6.08. The van der Waals surface area contributed by atoms with Gasteiger partial charge in [0, 0.05) is 16.9 Å². The summed E-state index contributed by atoms with van der Waals surface area (Å²) in [6.07, 6.45) is 3.90. The molecule has 1 aliphatic heterocycles. The predicted octanol–water partition coefficient (Wildman–Crippen LogP) is 0.893. The van der Waals surface area contributed by atoms with Gasteiger partial charge in [0.2, 0.25) is 0 Å². The van der Waals surface area contributed by atoms with Crippen LogP contribution in [0.15, 0.2) is 17.8 Å². The summed E-state index contributed by atoms with van der Waals surface area (Å²) in [7, 11) is 0. The molecule has 7 heavy (non-hydrogen) atoms. The third kappa shape index (κ3) is 1.27. The van der Waals surface area contributed by atoms with Gasteiger partial charge in [-0.3, -0.25) is 0 Å². The normalized spacial score (nSPS) is 19.1. The summed E-state index contributed by atoms with van der Waals surface area (Å²) >= 11 is 1.60. The molecule has 0 unspecified atom stereocenters. The quantitative estimate of drug-likeness (QED) is 0.503. The van der Waals surface area contributed by atoms with Crippen LogP contribution in [0.25, 0.3) is 0 Å². The first-order valence-corrected chi connectivity index (χ1v) is 3.05. The van der Waals surface area contributed by atoms with Crippen molar-refractivity contribution in [3.8, 4) is 0 Å². The van der Waals surface area contributed by atoms with Crippen molar-refractivity contribution in [2.45, 2.75) is 0 Å². The van der Waals surface area contributed by atoms with Crippen LogP contribution >= 0.6 is 11.8 Å². The first kappa shape index (κ1) is 4.78. The minimum Gasteiger partial charge on any atom is -0.398 e. The van der Waals surface area contributed by atoms with Gasteiger partial charge in [-0.2, -0.15) is 0 Å². The topological polar surface area (TPSA) is 26.0 Å². The van der Waals surface area contributed by atoms with Crippen LogP contribution < -0.4 is 5.73 Å². The minimum absolute atomic E-state index is 0.747. The van der Waals surface area contributed by atoms with Gasteiger partial charge in [0.15, 0.2) is 0 Å². The van der Waals surface area contributed by atoms with Crippen molar-refractivity contribution in [1.29, 1.82) is 0 Å². The highest BCUT2D eigenvalue weighted by atomic mass is 32.2. The van der Waals surface area contributed by atoms with E-state index in [4.69, 9.17) is 5.73 Å². The van der Waals surface area contributed by atoms with Crippen LogP contribution in [0.4, 0.5) is 0 Å². The molecule has 0 amide bonds. The number of rotatable bonds is 0. The maximum absolute atomic E-state index is 5.33. The molecule has 0 bridgehead atoms. The van der Waals surface area contributed by atoms with Crippen molar-refractivity contribution >= 4 is 11.8 Å². The van der Waals surface area contributed by atoms with Crippen LogP contribution in [0, 0.1) is 5.41 Å². The summed E-state index contributed by atoms with van der Waals surface area (Å²) < 4.78 is 0. The van der Waals surface area contributed by atoms with Crippen molar-refractivity contribution in [3.63, 3.8) is 0 Å². The van der Waals surface area contributed by atoms with Crippen LogP contribution in [-0.2, 0) is 0 Å². The summed E-state index contributed by atoms with van der Waals surface area (Å²) in [5.74, 6) is 1.01. The second-order valence-corrected chi connectivity index (χ2v) is 2.10. The fourth-order valence-electron chi connectivity index (χ4n) is 0.382. The van der Waals surface area contributed by atoms with E-state index in [1.807, 2.05) is 12.2 Å². The number of hydrogen-bond donors (Lipinski definition) is 1. The van der Waals surface area contributed by atoms with Crippen molar-refractivity contribution in [1.82, 2.24) is 0 Å². The predicted molar refractivity (Wildman–Crippen MR) is 32.5 cm³/mol. The monoisotopic (exact) mass is 112 g/mol. The van der Waals surface area contributed by atoms with Crippen LogP contribution in [0.3, 0.4) is 0 Å². The number of nitrogens with two attached hydrogens (primary N) is 1. The molecule has 0 fully saturated rings. The highest BCUT2D eigenvalue weighted by Crippen LogP contribution is 2.08. The Kier molecular flexibility index (Phi) is 1.42. The molecule has 0 atom stereocenters. The molecule has 1 radical (unpaired) electrons. The third-order valence-corrected chi connectivity index (χ3v) is 1.41. The van der Waals surface area contributed by atoms with E-state index in [1.54, 1.807) is 11.8 Å². The van der Waals surface area contributed by atoms with Crippen molar-refractivity contribution < 1.29 is 0 Å². The highest BCUT2D eigenvalue weighted by Gasteiger charge is 1.88. The van der Waals surface area contributed by atoms with Gasteiger partial charge < -0.3 is 5.73 Å². The zero-order valence-electron chi connectivity index (χ0n) is 3.85. The van der Waals surface area contributed by atoms with E-state index in [0.717, 1.165) is 11.4 Å². The molecule has 1 aliphatic rings. The Hall–Kier alpha value is -0.370. The molecule has 2 heteroatoms. The second kappa shape index (κ2) is 2.07. The van der Waals surface area contributed by atoms with E-state index in [9.17, 15) is 0 Å². The number of hydrogen-bond acceptors (Lipinski definition) is 2. The van der Waals surface area contributed by atoms with Gasteiger partial charge in [0.1, 0.15) is 0 Å². The van der Waals surface area contributed by atoms with E-state index in [0.29, 0.717) is 0 Å². The fraction of sp³-hybridized carbons (Fsp3) is 0.200. The first-order chi connectivity index (χ1) is 3.39. The average molecular weight is 112 g/mol. The van der Waals surface area contributed by atoms with E-state index < -0.39 is 0 Å². The molecule has 0 aliphatic carbocycles. The molecule has 0 aromatic carbocycles. The lowest BCUT2D eigenvalue weighted by Gasteiger charge is -1.95. The largest absolute Gasteiger partial charge is 0.398 e. The van der Waals surface area contributed by atoms with Crippen molar-refractivity contribution in [2.75, 3.05) is 5.75 Å². The molecule has 0 spiro atoms. The molecule has 0 saturated carbocycles. The first-order valence-electron chi connectivity index (χ1n) is 2.06. The molecule has 0 aromatic heterocycles. The SMILES string of the molecule is NC1=[C]SCC=C1. The Bertz CT molecular complexity index is 115. The van der Waals surface area contributed by atoms with Crippen molar-refractivity contribution in [3.05, 3.63) is 23.3 Å². The summed E-state index contributed by atoms with van der Waals surface area (Å²) in [4.78, 5) is 0. The number of allylic oxidation sites excluding steroid dienone is 1.